The number of hydrogen-bond acceptors (Lipinski definition) is 3. The maximum Gasteiger partial charge on any atom is 0.215 e. The number of rotatable bonds is 3. The summed E-state index contributed by atoms with van der Waals surface area (Å²) in [6.45, 7) is 2.14. The molecule has 0 aromatic heterocycles. The van der Waals surface area contributed by atoms with Crippen LogP contribution in [-0.2, 0) is 0 Å². The van der Waals surface area contributed by atoms with Crippen molar-refractivity contribution in [3.8, 4) is 0 Å². The van der Waals surface area contributed by atoms with Crippen LogP contribution < -0.4 is 0 Å². The van der Waals surface area contributed by atoms with Crippen LogP contribution in [0, 0.1) is 0 Å². The molecule has 0 saturated carbocycles. The van der Waals surface area contributed by atoms with Crippen molar-refractivity contribution >= 4 is 19.5 Å². The third-order valence-electron chi connectivity index (χ3n) is 0.748. The minimum atomic E-state index is 1.09. The first-order valence-electron chi connectivity index (χ1n) is 2.73. The molecule has 0 N–H and O–H groups in total. The van der Waals surface area contributed by atoms with Crippen LogP contribution in [0.15, 0.2) is 0 Å². The van der Waals surface area contributed by atoms with Crippen molar-refractivity contribution in [2.45, 2.75) is 6.82 Å². The van der Waals surface area contributed by atoms with Crippen molar-refractivity contribution in [1.82, 2.24) is 8.52 Å². The Balaban J connectivity index is 3.10. The molecule has 0 rings (SSSR count). The lowest BCUT2D eigenvalue weighted by molar-refractivity contribution is 0.671. The van der Waals surface area contributed by atoms with Gasteiger partial charge in [0.2, 0.25) is 7.41 Å². The summed E-state index contributed by atoms with van der Waals surface area (Å²) in [5, 5.41) is 0. The van der Waals surface area contributed by atoms with E-state index in [1.807, 2.05) is 14.1 Å². The van der Waals surface area contributed by atoms with E-state index in [0.29, 0.717) is 0 Å². The summed E-state index contributed by atoms with van der Waals surface area (Å²) >= 11 is 1.72. The molecule has 48 valence electrons. The lowest BCUT2D eigenvalue weighted by Gasteiger charge is -2.16. The first kappa shape index (κ1) is 8.33. The average Bonchev–Trinajstić information content (AvgIpc) is 1.65. The first-order valence-corrected chi connectivity index (χ1v) is 3.46. The fraction of sp³-hybridized carbons (Fsp3) is 1.00. The third kappa shape index (κ3) is 4.49. The molecule has 0 aromatic carbocycles. The highest BCUT2D eigenvalue weighted by molar-refractivity contribution is 7.95. The van der Waals surface area contributed by atoms with Crippen LogP contribution in [0.1, 0.15) is 0 Å². The minimum Gasteiger partial charge on any atom is -0.283 e. The van der Waals surface area contributed by atoms with Crippen LogP contribution in [0.4, 0.5) is 0 Å². The highest BCUT2D eigenvalue weighted by Gasteiger charge is 1.95. The van der Waals surface area contributed by atoms with Crippen LogP contribution in [0.2, 0.25) is 6.82 Å². The normalized spacial score (nSPS) is 10.8. The van der Waals surface area contributed by atoms with Gasteiger partial charge in [0.1, 0.15) is 0 Å². The van der Waals surface area contributed by atoms with E-state index in [0.717, 1.165) is 7.41 Å². The summed E-state index contributed by atoms with van der Waals surface area (Å²) < 4.78 is 4.24. The van der Waals surface area contributed by atoms with Crippen molar-refractivity contribution in [1.29, 1.82) is 0 Å². The van der Waals surface area contributed by atoms with Gasteiger partial charge in [-0.2, -0.15) is 0 Å². The zero-order valence-corrected chi connectivity index (χ0v) is 6.83. The predicted molar refractivity (Wildman–Crippen MR) is 42.1 cm³/mol. The molecule has 0 aliphatic carbocycles. The van der Waals surface area contributed by atoms with Gasteiger partial charge in [-0.3, -0.25) is 4.22 Å². The second-order valence-electron chi connectivity index (χ2n) is 1.84. The van der Waals surface area contributed by atoms with E-state index in [4.69, 9.17) is 0 Å². The van der Waals surface area contributed by atoms with Crippen LogP contribution in [0.3, 0.4) is 0 Å². The predicted octanol–water partition coefficient (Wildman–Crippen LogP) is 0.443. The van der Waals surface area contributed by atoms with Gasteiger partial charge in [-0.05, 0) is 33.3 Å². The molecule has 0 fully saturated rings. The molecule has 0 aliphatic heterocycles. The molecule has 0 atom stereocenters. The Hall–Kier alpha value is 0.335. The second-order valence-corrected chi connectivity index (χ2v) is 3.36. The Bertz CT molecular complexity index is 60.0. The third-order valence-corrected chi connectivity index (χ3v) is 1.61. The second kappa shape index (κ2) is 4.24. The van der Waals surface area contributed by atoms with Gasteiger partial charge in [0.15, 0.2) is 0 Å². The standard InChI is InChI=1S/C4H13BN2S/c1-5-7(4)8-6(2)3/h5H,1-4H3. The van der Waals surface area contributed by atoms with Crippen molar-refractivity contribution < 1.29 is 0 Å². The molecule has 0 heterocycles. The summed E-state index contributed by atoms with van der Waals surface area (Å²) in [6.07, 6.45) is 0. The molecule has 4 heteroatoms. The molecular weight excluding hydrogens is 119 g/mol. The summed E-state index contributed by atoms with van der Waals surface area (Å²) in [6, 6.07) is 0. The van der Waals surface area contributed by atoms with E-state index in [1.54, 1.807) is 12.1 Å². The Morgan fingerprint density at radius 3 is 1.88 bits per heavy atom. The van der Waals surface area contributed by atoms with Crippen LogP contribution in [0.25, 0.3) is 0 Å². The van der Waals surface area contributed by atoms with E-state index in [1.165, 1.54) is 0 Å². The maximum atomic E-state index is 2.17. The van der Waals surface area contributed by atoms with Crippen molar-refractivity contribution in [2.24, 2.45) is 0 Å². The SMILES string of the molecule is CBN(C)SN(C)C. The molecule has 0 aromatic rings. The van der Waals surface area contributed by atoms with Crippen LogP contribution >= 0.6 is 12.1 Å². The Morgan fingerprint density at radius 2 is 1.75 bits per heavy atom. The Kier molecular flexibility index (Phi) is 4.41. The fourth-order valence-corrected chi connectivity index (χ4v) is 1.01. The van der Waals surface area contributed by atoms with Gasteiger partial charge in [-0.15, -0.1) is 0 Å². The van der Waals surface area contributed by atoms with E-state index in [9.17, 15) is 0 Å². The molecule has 0 amide bonds. The van der Waals surface area contributed by atoms with Gasteiger partial charge in [-0.25, -0.2) is 4.31 Å². The van der Waals surface area contributed by atoms with E-state index in [-0.39, 0.29) is 0 Å². The summed E-state index contributed by atoms with van der Waals surface area (Å²) in [7, 11) is 7.24. The molecule has 0 saturated heterocycles. The lowest BCUT2D eigenvalue weighted by Crippen LogP contribution is -2.17. The topological polar surface area (TPSA) is 6.48 Å². The summed E-state index contributed by atoms with van der Waals surface area (Å²) in [4.78, 5) is 0. The van der Waals surface area contributed by atoms with Crippen LogP contribution in [-0.4, -0.2) is 37.1 Å². The van der Waals surface area contributed by atoms with Crippen molar-refractivity contribution in [3.05, 3.63) is 0 Å². The van der Waals surface area contributed by atoms with E-state index < -0.39 is 0 Å². The molecule has 0 spiro atoms. The fourth-order valence-electron chi connectivity index (χ4n) is 0.337. The van der Waals surface area contributed by atoms with Crippen LogP contribution in [0.5, 0.6) is 0 Å². The van der Waals surface area contributed by atoms with Gasteiger partial charge in [0.05, 0.1) is 0 Å². The van der Waals surface area contributed by atoms with E-state index in [2.05, 4.69) is 22.4 Å². The van der Waals surface area contributed by atoms with Gasteiger partial charge >= 0.3 is 0 Å². The van der Waals surface area contributed by atoms with Crippen molar-refractivity contribution in [3.63, 3.8) is 0 Å². The van der Waals surface area contributed by atoms with Gasteiger partial charge in [0, 0.05) is 0 Å². The molecular formula is C4H13BN2S. The average molecular weight is 132 g/mol. The van der Waals surface area contributed by atoms with Gasteiger partial charge < -0.3 is 0 Å². The van der Waals surface area contributed by atoms with Gasteiger partial charge in [-0.1, -0.05) is 6.82 Å². The molecule has 8 heavy (non-hydrogen) atoms. The summed E-state index contributed by atoms with van der Waals surface area (Å²) in [5.74, 6) is 0. The minimum absolute atomic E-state index is 1.09. The molecule has 0 unspecified atom stereocenters. The van der Waals surface area contributed by atoms with Crippen molar-refractivity contribution in [2.75, 3.05) is 21.1 Å². The van der Waals surface area contributed by atoms with E-state index >= 15 is 0 Å². The molecule has 0 aliphatic rings. The number of nitrogens with zero attached hydrogens (tertiary/aromatic N) is 2. The highest BCUT2D eigenvalue weighted by Crippen LogP contribution is 2.05. The van der Waals surface area contributed by atoms with Gasteiger partial charge in [0.25, 0.3) is 0 Å². The molecule has 0 radical (unpaired) electrons. The highest BCUT2D eigenvalue weighted by atomic mass is 32.2. The largest absolute Gasteiger partial charge is 0.283 e. The maximum absolute atomic E-state index is 2.17. The number of hydrogen-bond donors (Lipinski definition) is 0. The Morgan fingerprint density at radius 1 is 1.25 bits per heavy atom. The monoisotopic (exact) mass is 132 g/mol. The zero-order chi connectivity index (χ0) is 6.57. The zero-order valence-electron chi connectivity index (χ0n) is 6.01. The Labute approximate surface area is 56.8 Å². The lowest BCUT2D eigenvalue weighted by atomic mass is 10.0. The smallest absolute Gasteiger partial charge is 0.215 e. The first-order chi connectivity index (χ1) is 3.66. The quantitative estimate of drug-likeness (QED) is 0.406. The molecule has 2 nitrogen and oxygen atoms in total. The summed E-state index contributed by atoms with van der Waals surface area (Å²) in [5.41, 5.74) is 0. The molecule has 0 bridgehead atoms.